The zero-order valence-electron chi connectivity index (χ0n) is 16.0. The van der Waals surface area contributed by atoms with Gasteiger partial charge in [-0.2, -0.15) is 0 Å². The predicted octanol–water partition coefficient (Wildman–Crippen LogP) is 4.47. The van der Waals surface area contributed by atoms with Gasteiger partial charge < -0.3 is 19.7 Å². The minimum absolute atomic E-state index is 0.0383. The molecule has 5 heteroatoms. The van der Waals surface area contributed by atoms with Crippen molar-refractivity contribution in [2.24, 2.45) is 0 Å². The van der Waals surface area contributed by atoms with Crippen LogP contribution in [0.5, 0.6) is 11.5 Å². The number of methoxy groups -OCH3 is 1. The average molecular weight is 376 g/mol. The first-order valence-corrected chi connectivity index (χ1v) is 9.57. The van der Waals surface area contributed by atoms with Crippen LogP contribution >= 0.6 is 0 Å². The molecule has 4 rings (SSSR count). The second-order valence-corrected chi connectivity index (χ2v) is 6.95. The van der Waals surface area contributed by atoms with Crippen LogP contribution in [0, 0.1) is 0 Å². The molecule has 3 aromatic carbocycles. The number of carbonyl (C=O) groups is 1. The standard InChI is InChI=1S/C23H24N2O3/c1-27-21-10-4-17-5-11-22(15-18(17)14-21)28-16-23(26)24-19-6-8-20(9-7-19)25-12-2-3-13-25/h4-11,14-15H,2-3,12-13,16H2,1H3,(H,24,26). The fraction of sp³-hybridized carbons (Fsp3) is 0.261. The molecule has 1 saturated heterocycles. The van der Waals surface area contributed by atoms with Gasteiger partial charge in [0.2, 0.25) is 0 Å². The lowest BCUT2D eigenvalue weighted by Crippen LogP contribution is -2.20. The van der Waals surface area contributed by atoms with Gasteiger partial charge in [-0.1, -0.05) is 12.1 Å². The predicted molar refractivity (Wildman–Crippen MR) is 113 cm³/mol. The molecular formula is C23H24N2O3. The maximum Gasteiger partial charge on any atom is 0.262 e. The van der Waals surface area contributed by atoms with Gasteiger partial charge in [0.1, 0.15) is 11.5 Å². The Morgan fingerprint density at radius 1 is 0.929 bits per heavy atom. The van der Waals surface area contributed by atoms with Crippen molar-refractivity contribution in [2.75, 3.05) is 37.0 Å². The number of amides is 1. The van der Waals surface area contributed by atoms with Gasteiger partial charge >= 0.3 is 0 Å². The monoisotopic (exact) mass is 376 g/mol. The van der Waals surface area contributed by atoms with Crippen molar-refractivity contribution in [1.29, 1.82) is 0 Å². The van der Waals surface area contributed by atoms with Gasteiger partial charge in [0.15, 0.2) is 6.61 Å². The van der Waals surface area contributed by atoms with Crippen molar-refractivity contribution in [3.63, 3.8) is 0 Å². The van der Waals surface area contributed by atoms with E-state index < -0.39 is 0 Å². The van der Waals surface area contributed by atoms with Crippen LogP contribution in [0.25, 0.3) is 10.8 Å². The van der Waals surface area contributed by atoms with Crippen LogP contribution in [0.15, 0.2) is 60.7 Å². The molecule has 1 aliphatic rings. The summed E-state index contributed by atoms with van der Waals surface area (Å²) in [5, 5.41) is 4.99. The van der Waals surface area contributed by atoms with E-state index in [-0.39, 0.29) is 12.5 Å². The molecule has 3 aromatic rings. The molecule has 0 bridgehead atoms. The lowest BCUT2D eigenvalue weighted by Gasteiger charge is -2.17. The number of rotatable bonds is 6. The SMILES string of the molecule is COc1ccc2ccc(OCC(=O)Nc3ccc(N4CCCC4)cc3)cc2c1. The molecule has 1 fully saturated rings. The minimum Gasteiger partial charge on any atom is -0.497 e. The van der Waals surface area contributed by atoms with Gasteiger partial charge in [0.05, 0.1) is 7.11 Å². The Bertz CT molecular complexity index is 963. The van der Waals surface area contributed by atoms with Crippen LogP contribution in [-0.2, 0) is 4.79 Å². The number of hydrogen-bond donors (Lipinski definition) is 1. The van der Waals surface area contributed by atoms with Gasteiger partial charge in [-0.05, 0) is 72.1 Å². The van der Waals surface area contributed by atoms with Gasteiger partial charge in [0.25, 0.3) is 5.91 Å². The van der Waals surface area contributed by atoms with Crippen LogP contribution in [0.2, 0.25) is 0 Å². The molecule has 1 N–H and O–H groups in total. The number of anilines is 2. The molecular weight excluding hydrogens is 352 g/mol. The average Bonchev–Trinajstić information content (AvgIpc) is 3.27. The van der Waals surface area contributed by atoms with Gasteiger partial charge in [-0.25, -0.2) is 0 Å². The fourth-order valence-corrected chi connectivity index (χ4v) is 3.50. The molecule has 1 amide bonds. The Morgan fingerprint density at radius 2 is 1.61 bits per heavy atom. The van der Waals surface area contributed by atoms with E-state index in [0.717, 1.165) is 35.3 Å². The molecule has 0 radical (unpaired) electrons. The Kier molecular flexibility index (Phi) is 5.33. The summed E-state index contributed by atoms with van der Waals surface area (Å²) in [5.74, 6) is 1.26. The summed E-state index contributed by atoms with van der Waals surface area (Å²) in [6, 6.07) is 19.6. The molecule has 5 nitrogen and oxygen atoms in total. The highest BCUT2D eigenvalue weighted by molar-refractivity contribution is 5.92. The minimum atomic E-state index is -0.181. The summed E-state index contributed by atoms with van der Waals surface area (Å²) in [4.78, 5) is 14.6. The number of nitrogens with one attached hydrogen (secondary N) is 1. The lowest BCUT2D eigenvalue weighted by atomic mass is 10.1. The van der Waals surface area contributed by atoms with Crippen molar-refractivity contribution in [3.8, 4) is 11.5 Å². The number of carbonyl (C=O) groups excluding carboxylic acids is 1. The van der Waals surface area contributed by atoms with E-state index in [1.165, 1.54) is 18.5 Å². The largest absolute Gasteiger partial charge is 0.497 e. The molecule has 1 aliphatic heterocycles. The second-order valence-electron chi connectivity index (χ2n) is 6.95. The Labute approximate surface area is 164 Å². The second kappa shape index (κ2) is 8.21. The summed E-state index contributed by atoms with van der Waals surface area (Å²) in [6.45, 7) is 2.18. The highest BCUT2D eigenvalue weighted by atomic mass is 16.5. The number of ether oxygens (including phenoxy) is 2. The molecule has 1 heterocycles. The summed E-state index contributed by atoms with van der Waals surface area (Å²) in [6.07, 6.45) is 2.49. The molecule has 0 aromatic heterocycles. The third-order valence-corrected chi connectivity index (χ3v) is 5.01. The van der Waals surface area contributed by atoms with E-state index >= 15 is 0 Å². The first-order chi connectivity index (χ1) is 13.7. The Morgan fingerprint density at radius 3 is 2.32 bits per heavy atom. The van der Waals surface area contributed by atoms with E-state index in [1.807, 2.05) is 48.5 Å². The van der Waals surface area contributed by atoms with Crippen molar-refractivity contribution in [3.05, 3.63) is 60.7 Å². The molecule has 0 spiro atoms. The first kappa shape index (κ1) is 18.2. The van der Waals surface area contributed by atoms with E-state index in [9.17, 15) is 4.79 Å². The van der Waals surface area contributed by atoms with Crippen LogP contribution in [0.1, 0.15) is 12.8 Å². The molecule has 0 unspecified atom stereocenters. The molecule has 28 heavy (non-hydrogen) atoms. The summed E-state index contributed by atoms with van der Waals surface area (Å²) < 4.78 is 10.9. The van der Waals surface area contributed by atoms with E-state index in [2.05, 4.69) is 22.3 Å². The van der Waals surface area contributed by atoms with Crippen LogP contribution in [0.4, 0.5) is 11.4 Å². The fourth-order valence-electron chi connectivity index (χ4n) is 3.50. The van der Waals surface area contributed by atoms with Crippen molar-refractivity contribution in [1.82, 2.24) is 0 Å². The van der Waals surface area contributed by atoms with Gasteiger partial charge in [0, 0.05) is 24.5 Å². The zero-order chi connectivity index (χ0) is 19.3. The summed E-state index contributed by atoms with van der Waals surface area (Å²) in [7, 11) is 1.64. The van der Waals surface area contributed by atoms with E-state index in [0.29, 0.717) is 5.75 Å². The topological polar surface area (TPSA) is 50.8 Å². The Balaban J connectivity index is 1.34. The van der Waals surface area contributed by atoms with E-state index in [4.69, 9.17) is 9.47 Å². The van der Waals surface area contributed by atoms with Crippen LogP contribution < -0.4 is 19.7 Å². The Hall–Kier alpha value is -3.21. The third-order valence-electron chi connectivity index (χ3n) is 5.01. The number of fused-ring (bicyclic) bond motifs is 1. The third kappa shape index (κ3) is 4.19. The zero-order valence-corrected chi connectivity index (χ0v) is 16.0. The summed E-state index contributed by atoms with van der Waals surface area (Å²) in [5.41, 5.74) is 1.98. The van der Waals surface area contributed by atoms with Crippen molar-refractivity contribution >= 4 is 28.1 Å². The smallest absolute Gasteiger partial charge is 0.262 e. The number of benzene rings is 3. The first-order valence-electron chi connectivity index (χ1n) is 9.57. The number of nitrogens with zero attached hydrogens (tertiary/aromatic N) is 1. The highest BCUT2D eigenvalue weighted by Crippen LogP contribution is 2.25. The van der Waals surface area contributed by atoms with Crippen LogP contribution in [0.3, 0.4) is 0 Å². The molecule has 144 valence electrons. The highest BCUT2D eigenvalue weighted by Gasteiger charge is 2.12. The molecule has 0 aliphatic carbocycles. The number of hydrogen-bond acceptors (Lipinski definition) is 4. The summed E-state index contributed by atoms with van der Waals surface area (Å²) >= 11 is 0. The normalized spacial score (nSPS) is 13.5. The van der Waals surface area contributed by atoms with Gasteiger partial charge in [-0.15, -0.1) is 0 Å². The van der Waals surface area contributed by atoms with Gasteiger partial charge in [-0.3, -0.25) is 4.79 Å². The lowest BCUT2D eigenvalue weighted by molar-refractivity contribution is -0.118. The maximum absolute atomic E-state index is 12.2. The maximum atomic E-state index is 12.2. The van der Waals surface area contributed by atoms with Crippen LogP contribution in [-0.4, -0.2) is 32.7 Å². The van der Waals surface area contributed by atoms with E-state index in [1.54, 1.807) is 7.11 Å². The van der Waals surface area contributed by atoms with Crippen molar-refractivity contribution < 1.29 is 14.3 Å². The van der Waals surface area contributed by atoms with Crippen molar-refractivity contribution in [2.45, 2.75) is 12.8 Å². The molecule has 0 atom stereocenters. The quantitative estimate of drug-likeness (QED) is 0.690. The molecule has 0 saturated carbocycles.